The lowest BCUT2D eigenvalue weighted by molar-refractivity contribution is -0.122. The lowest BCUT2D eigenvalue weighted by atomic mass is 10.3. The van der Waals surface area contributed by atoms with Gasteiger partial charge in [0.1, 0.15) is 0 Å². The van der Waals surface area contributed by atoms with Crippen LogP contribution in [0.15, 0.2) is 23.3 Å². The van der Waals surface area contributed by atoms with E-state index in [4.69, 9.17) is 4.74 Å². The summed E-state index contributed by atoms with van der Waals surface area (Å²) >= 11 is 0. The Hall–Kier alpha value is -1.58. The smallest absolute Gasteiger partial charge is 0.223 e. The highest BCUT2D eigenvalue weighted by molar-refractivity contribution is 14.0. The SMILES string of the molecule is CCCOc1ccc(CN=C(NCC)NCCNC(=O)C2CC2)cn1.I. The molecule has 8 heteroatoms. The minimum atomic E-state index is 0. The van der Waals surface area contributed by atoms with Crippen molar-refractivity contribution in [3.8, 4) is 5.88 Å². The average molecular weight is 475 g/mol. The van der Waals surface area contributed by atoms with Gasteiger partial charge in [0, 0.05) is 37.8 Å². The molecule has 0 atom stereocenters. The van der Waals surface area contributed by atoms with Crippen molar-refractivity contribution in [2.45, 2.75) is 39.7 Å². The Bertz CT molecular complexity index is 561. The molecular weight excluding hydrogens is 445 g/mol. The molecule has 1 aliphatic rings. The number of aromatic nitrogens is 1. The fraction of sp³-hybridized carbons (Fsp3) is 0.611. The van der Waals surface area contributed by atoms with Crippen LogP contribution in [-0.4, -0.2) is 43.1 Å². The Morgan fingerprint density at radius 1 is 1.23 bits per heavy atom. The maximum Gasteiger partial charge on any atom is 0.223 e. The van der Waals surface area contributed by atoms with Crippen LogP contribution in [0.25, 0.3) is 0 Å². The first-order valence-corrected chi connectivity index (χ1v) is 9.10. The number of carbonyl (C=O) groups is 1. The Morgan fingerprint density at radius 2 is 2.00 bits per heavy atom. The predicted molar refractivity (Wildman–Crippen MR) is 114 cm³/mol. The molecule has 1 aromatic heterocycles. The summed E-state index contributed by atoms with van der Waals surface area (Å²) in [5, 5.41) is 9.35. The first kappa shape index (κ1) is 22.5. The molecule has 1 fully saturated rings. The van der Waals surface area contributed by atoms with Gasteiger partial charge in [0.15, 0.2) is 5.96 Å². The summed E-state index contributed by atoms with van der Waals surface area (Å²) in [7, 11) is 0. The second-order valence-corrected chi connectivity index (χ2v) is 6.04. The molecule has 0 aromatic carbocycles. The summed E-state index contributed by atoms with van der Waals surface area (Å²) in [6.45, 7) is 7.32. The Morgan fingerprint density at radius 3 is 2.62 bits per heavy atom. The van der Waals surface area contributed by atoms with E-state index in [1.807, 2.05) is 19.1 Å². The highest BCUT2D eigenvalue weighted by Gasteiger charge is 2.28. The summed E-state index contributed by atoms with van der Waals surface area (Å²) < 4.78 is 5.47. The molecule has 26 heavy (non-hydrogen) atoms. The largest absolute Gasteiger partial charge is 0.478 e. The molecular formula is C18H30IN5O2. The molecule has 1 aliphatic carbocycles. The summed E-state index contributed by atoms with van der Waals surface area (Å²) in [6, 6.07) is 3.84. The normalized spacial score (nSPS) is 13.5. The van der Waals surface area contributed by atoms with Crippen LogP contribution in [-0.2, 0) is 11.3 Å². The van der Waals surface area contributed by atoms with Crippen molar-refractivity contribution in [1.29, 1.82) is 0 Å². The molecule has 0 spiro atoms. The zero-order valence-electron chi connectivity index (χ0n) is 15.6. The van der Waals surface area contributed by atoms with E-state index >= 15 is 0 Å². The summed E-state index contributed by atoms with van der Waals surface area (Å²) in [5.74, 6) is 1.79. The van der Waals surface area contributed by atoms with E-state index in [1.165, 1.54) is 0 Å². The summed E-state index contributed by atoms with van der Waals surface area (Å²) in [6.07, 6.45) is 4.81. The first-order chi connectivity index (χ1) is 12.2. The Labute approximate surface area is 172 Å². The van der Waals surface area contributed by atoms with Gasteiger partial charge in [0.05, 0.1) is 13.2 Å². The van der Waals surface area contributed by atoms with Crippen LogP contribution < -0.4 is 20.7 Å². The Kier molecular flexibility index (Phi) is 11.0. The second kappa shape index (κ2) is 12.7. The average Bonchev–Trinajstić information content (AvgIpc) is 3.47. The number of carbonyl (C=O) groups excluding carboxylic acids is 1. The molecule has 0 unspecified atom stereocenters. The number of aliphatic imine (C=N–C) groups is 1. The van der Waals surface area contributed by atoms with Gasteiger partial charge in [-0.3, -0.25) is 4.79 Å². The summed E-state index contributed by atoms with van der Waals surface area (Å²) in [4.78, 5) is 20.4. The van der Waals surface area contributed by atoms with Gasteiger partial charge in [-0.1, -0.05) is 13.0 Å². The van der Waals surface area contributed by atoms with Crippen LogP contribution in [0.3, 0.4) is 0 Å². The zero-order valence-corrected chi connectivity index (χ0v) is 17.9. The van der Waals surface area contributed by atoms with Gasteiger partial charge in [-0.05, 0) is 31.7 Å². The molecule has 1 saturated carbocycles. The third kappa shape index (κ3) is 8.68. The van der Waals surface area contributed by atoms with E-state index in [0.717, 1.165) is 37.3 Å². The number of nitrogens with one attached hydrogen (secondary N) is 3. The fourth-order valence-corrected chi connectivity index (χ4v) is 2.17. The topological polar surface area (TPSA) is 87.6 Å². The fourth-order valence-electron chi connectivity index (χ4n) is 2.17. The van der Waals surface area contributed by atoms with Gasteiger partial charge in [-0.15, -0.1) is 24.0 Å². The van der Waals surface area contributed by atoms with Crippen LogP contribution >= 0.6 is 24.0 Å². The maximum atomic E-state index is 11.6. The van der Waals surface area contributed by atoms with Crippen molar-refractivity contribution in [1.82, 2.24) is 20.9 Å². The number of pyridine rings is 1. The zero-order chi connectivity index (χ0) is 17.9. The van der Waals surface area contributed by atoms with Crippen molar-refractivity contribution in [3.05, 3.63) is 23.9 Å². The standard InChI is InChI=1S/C18H29N5O2.HI/c1-3-11-25-16-8-5-14(12-22-16)13-23-18(19-4-2)21-10-9-20-17(24)15-6-7-15;/h5,8,12,15H,3-4,6-7,9-11,13H2,1-2H3,(H,20,24)(H2,19,21,23);1H. The Balaban J connectivity index is 0.00000338. The van der Waals surface area contributed by atoms with Gasteiger partial charge in [-0.25, -0.2) is 9.98 Å². The van der Waals surface area contributed by atoms with E-state index in [-0.39, 0.29) is 35.8 Å². The van der Waals surface area contributed by atoms with Gasteiger partial charge in [0.2, 0.25) is 11.8 Å². The third-order valence-electron chi connectivity index (χ3n) is 3.68. The van der Waals surface area contributed by atoms with E-state index in [1.54, 1.807) is 6.20 Å². The molecule has 146 valence electrons. The van der Waals surface area contributed by atoms with Gasteiger partial charge in [-0.2, -0.15) is 0 Å². The first-order valence-electron chi connectivity index (χ1n) is 9.10. The molecule has 0 aliphatic heterocycles. The molecule has 1 heterocycles. The highest BCUT2D eigenvalue weighted by Crippen LogP contribution is 2.28. The monoisotopic (exact) mass is 475 g/mol. The third-order valence-corrected chi connectivity index (χ3v) is 3.68. The van der Waals surface area contributed by atoms with Crippen molar-refractivity contribution in [3.63, 3.8) is 0 Å². The molecule has 1 aromatic rings. The molecule has 0 radical (unpaired) electrons. The van der Waals surface area contributed by atoms with Crippen LogP contribution in [0, 0.1) is 5.92 Å². The number of guanidine groups is 1. The quantitative estimate of drug-likeness (QED) is 0.209. The molecule has 0 saturated heterocycles. The second-order valence-electron chi connectivity index (χ2n) is 6.04. The van der Waals surface area contributed by atoms with E-state index in [2.05, 4.69) is 32.9 Å². The van der Waals surface area contributed by atoms with Crippen molar-refractivity contribution in [2.24, 2.45) is 10.9 Å². The lowest BCUT2D eigenvalue weighted by Crippen LogP contribution is -2.41. The highest BCUT2D eigenvalue weighted by atomic mass is 127. The minimum absolute atomic E-state index is 0. The molecule has 3 N–H and O–H groups in total. The molecule has 1 amide bonds. The van der Waals surface area contributed by atoms with Crippen LogP contribution in [0.5, 0.6) is 5.88 Å². The number of hydrogen-bond donors (Lipinski definition) is 3. The number of halogens is 1. The number of hydrogen-bond acceptors (Lipinski definition) is 4. The summed E-state index contributed by atoms with van der Waals surface area (Å²) in [5.41, 5.74) is 1.02. The van der Waals surface area contributed by atoms with Crippen molar-refractivity contribution < 1.29 is 9.53 Å². The van der Waals surface area contributed by atoms with Gasteiger partial charge < -0.3 is 20.7 Å². The van der Waals surface area contributed by atoms with E-state index in [9.17, 15) is 4.79 Å². The van der Waals surface area contributed by atoms with Crippen molar-refractivity contribution >= 4 is 35.8 Å². The minimum Gasteiger partial charge on any atom is -0.478 e. The van der Waals surface area contributed by atoms with Gasteiger partial charge in [0.25, 0.3) is 0 Å². The van der Waals surface area contributed by atoms with Gasteiger partial charge >= 0.3 is 0 Å². The molecule has 7 nitrogen and oxygen atoms in total. The number of rotatable bonds is 10. The molecule has 0 bridgehead atoms. The van der Waals surface area contributed by atoms with Crippen molar-refractivity contribution in [2.75, 3.05) is 26.2 Å². The van der Waals surface area contributed by atoms with E-state index in [0.29, 0.717) is 32.1 Å². The number of nitrogens with zero attached hydrogens (tertiary/aromatic N) is 2. The van der Waals surface area contributed by atoms with Crippen LogP contribution in [0.2, 0.25) is 0 Å². The number of amides is 1. The maximum absolute atomic E-state index is 11.6. The molecule has 2 rings (SSSR count). The number of ether oxygens (including phenoxy) is 1. The predicted octanol–water partition coefficient (Wildman–Crippen LogP) is 2.07. The van der Waals surface area contributed by atoms with Crippen LogP contribution in [0.4, 0.5) is 0 Å². The van der Waals surface area contributed by atoms with Crippen LogP contribution in [0.1, 0.15) is 38.7 Å². The van der Waals surface area contributed by atoms with E-state index < -0.39 is 0 Å². The lowest BCUT2D eigenvalue weighted by Gasteiger charge is -2.12.